The molecule has 2 nitrogen and oxygen atoms in total. The molecule has 1 N–H and O–H groups in total. The van der Waals surface area contributed by atoms with Gasteiger partial charge in [-0.05, 0) is 49.4 Å². The van der Waals surface area contributed by atoms with Crippen LogP contribution in [0.5, 0.6) is 11.5 Å². The van der Waals surface area contributed by atoms with Crippen molar-refractivity contribution in [2.75, 3.05) is 6.54 Å². The number of hydrogen-bond acceptors (Lipinski definition) is 2. The minimum Gasteiger partial charge on any atom is -0.457 e. The molecule has 2 aromatic carbocycles. The summed E-state index contributed by atoms with van der Waals surface area (Å²) in [4.78, 5) is 0. The molecule has 0 amide bonds. The van der Waals surface area contributed by atoms with E-state index in [1.54, 1.807) is 0 Å². The van der Waals surface area contributed by atoms with E-state index in [-0.39, 0.29) is 0 Å². The third kappa shape index (κ3) is 4.23. The van der Waals surface area contributed by atoms with Crippen molar-refractivity contribution in [1.29, 1.82) is 0 Å². The van der Waals surface area contributed by atoms with Gasteiger partial charge in [0.25, 0.3) is 0 Å². The summed E-state index contributed by atoms with van der Waals surface area (Å²) in [6, 6.07) is 13.5. The zero-order valence-corrected chi connectivity index (χ0v) is 13.7. The normalized spacial score (nSPS) is 10.6. The highest BCUT2D eigenvalue weighted by Gasteiger charge is 2.08. The molecule has 0 unspecified atom stereocenters. The molecule has 0 saturated heterocycles. The number of halogens is 2. The van der Waals surface area contributed by atoms with E-state index in [2.05, 4.69) is 28.2 Å². The van der Waals surface area contributed by atoms with Gasteiger partial charge >= 0.3 is 0 Å². The summed E-state index contributed by atoms with van der Waals surface area (Å²) in [5.41, 5.74) is 0.991. The molecule has 0 aliphatic rings. The molecule has 0 fully saturated rings. The van der Waals surface area contributed by atoms with Crippen molar-refractivity contribution in [1.82, 2.24) is 5.32 Å². The molecular weight excluding hydrogens is 338 g/mol. The van der Waals surface area contributed by atoms with E-state index in [9.17, 15) is 0 Å². The largest absolute Gasteiger partial charge is 0.457 e. The monoisotopic (exact) mass is 353 g/mol. The molecule has 106 valence electrons. The Bertz CT molecular complexity index is 557. The van der Waals surface area contributed by atoms with Gasteiger partial charge in [0.1, 0.15) is 11.5 Å². The Morgan fingerprint density at radius 2 is 1.90 bits per heavy atom. The fourth-order valence-electron chi connectivity index (χ4n) is 1.83. The SMILES string of the molecule is CCCNCc1c(Cl)cccc1Oc1ccc(Br)cc1. The summed E-state index contributed by atoms with van der Waals surface area (Å²) in [7, 11) is 0. The molecule has 0 bridgehead atoms. The van der Waals surface area contributed by atoms with Crippen molar-refractivity contribution in [2.24, 2.45) is 0 Å². The Kier molecular flexibility index (Phi) is 5.89. The predicted molar refractivity (Wildman–Crippen MR) is 87.7 cm³/mol. The van der Waals surface area contributed by atoms with Crippen LogP contribution in [0.2, 0.25) is 5.02 Å². The maximum atomic E-state index is 6.27. The molecule has 20 heavy (non-hydrogen) atoms. The molecule has 0 aliphatic heterocycles. The maximum absolute atomic E-state index is 6.27. The van der Waals surface area contributed by atoms with E-state index in [1.165, 1.54) is 0 Å². The number of benzene rings is 2. The van der Waals surface area contributed by atoms with E-state index in [0.717, 1.165) is 39.5 Å². The summed E-state index contributed by atoms with van der Waals surface area (Å²) < 4.78 is 6.96. The molecule has 0 heterocycles. The van der Waals surface area contributed by atoms with Gasteiger partial charge in [-0.2, -0.15) is 0 Å². The van der Waals surface area contributed by atoms with Crippen LogP contribution in [0.4, 0.5) is 0 Å². The molecule has 4 heteroatoms. The van der Waals surface area contributed by atoms with Crippen LogP contribution in [0, 0.1) is 0 Å². The Morgan fingerprint density at radius 1 is 1.15 bits per heavy atom. The van der Waals surface area contributed by atoms with Gasteiger partial charge in [-0.15, -0.1) is 0 Å². The van der Waals surface area contributed by atoms with Crippen molar-refractivity contribution in [3.8, 4) is 11.5 Å². The molecule has 0 radical (unpaired) electrons. The average Bonchev–Trinajstić information content (AvgIpc) is 2.44. The fourth-order valence-corrected chi connectivity index (χ4v) is 2.32. The van der Waals surface area contributed by atoms with Gasteiger partial charge in [0, 0.05) is 21.6 Å². The van der Waals surface area contributed by atoms with Crippen molar-refractivity contribution in [3.05, 3.63) is 57.5 Å². The number of ether oxygens (including phenoxy) is 1. The molecular formula is C16H17BrClNO. The first kappa shape index (κ1) is 15.4. The van der Waals surface area contributed by atoms with Gasteiger partial charge in [-0.25, -0.2) is 0 Å². The minimum absolute atomic E-state index is 0.708. The molecule has 0 saturated carbocycles. The van der Waals surface area contributed by atoms with Gasteiger partial charge < -0.3 is 10.1 Å². The van der Waals surface area contributed by atoms with E-state index in [1.807, 2.05) is 42.5 Å². The highest BCUT2D eigenvalue weighted by atomic mass is 79.9. The standard InChI is InChI=1S/C16H17BrClNO/c1-2-10-19-11-14-15(18)4-3-5-16(14)20-13-8-6-12(17)7-9-13/h3-9,19H,2,10-11H2,1H3. The molecule has 2 rings (SSSR count). The van der Waals surface area contributed by atoms with E-state index >= 15 is 0 Å². The summed E-state index contributed by atoms with van der Waals surface area (Å²) in [6.45, 7) is 3.81. The molecule has 0 atom stereocenters. The van der Waals surface area contributed by atoms with E-state index < -0.39 is 0 Å². The van der Waals surface area contributed by atoms with Crippen molar-refractivity contribution < 1.29 is 4.74 Å². The lowest BCUT2D eigenvalue weighted by molar-refractivity contribution is 0.472. The van der Waals surface area contributed by atoms with Crippen LogP contribution in [0.25, 0.3) is 0 Å². The lowest BCUT2D eigenvalue weighted by Crippen LogP contribution is -2.14. The first-order valence-electron chi connectivity index (χ1n) is 6.62. The van der Waals surface area contributed by atoms with Gasteiger partial charge in [0.15, 0.2) is 0 Å². The molecule has 2 aromatic rings. The van der Waals surface area contributed by atoms with Gasteiger partial charge in [-0.3, -0.25) is 0 Å². The Balaban J connectivity index is 2.17. The summed E-state index contributed by atoms with van der Waals surface area (Å²) >= 11 is 9.68. The van der Waals surface area contributed by atoms with Crippen LogP contribution in [0.15, 0.2) is 46.9 Å². The van der Waals surface area contributed by atoms with Crippen LogP contribution < -0.4 is 10.1 Å². The summed E-state index contributed by atoms with van der Waals surface area (Å²) in [6.07, 6.45) is 1.09. The first-order chi connectivity index (χ1) is 9.70. The fraction of sp³-hybridized carbons (Fsp3) is 0.250. The second kappa shape index (κ2) is 7.67. The van der Waals surface area contributed by atoms with Crippen molar-refractivity contribution in [3.63, 3.8) is 0 Å². The van der Waals surface area contributed by atoms with E-state index in [4.69, 9.17) is 16.3 Å². The summed E-state index contributed by atoms with van der Waals surface area (Å²) in [5, 5.41) is 4.08. The Labute approximate surface area is 133 Å². The second-order valence-corrected chi connectivity index (χ2v) is 5.77. The third-order valence-electron chi connectivity index (χ3n) is 2.85. The predicted octanol–water partition coefficient (Wildman–Crippen LogP) is 5.39. The lowest BCUT2D eigenvalue weighted by Gasteiger charge is -2.13. The minimum atomic E-state index is 0.708. The van der Waals surface area contributed by atoms with Crippen molar-refractivity contribution in [2.45, 2.75) is 19.9 Å². The van der Waals surface area contributed by atoms with Crippen LogP contribution in [0.3, 0.4) is 0 Å². The first-order valence-corrected chi connectivity index (χ1v) is 7.79. The lowest BCUT2D eigenvalue weighted by atomic mass is 10.2. The Morgan fingerprint density at radius 3 is 2.60 bits per heavy atom. The van der Waals surface area contributed by atoms with Crippen molar-refractivity contribution >= 4 is 27.5 Å². The van der Waals surface area contributed by atoms with Crippen LogP contribution in [0.1, 0.15) is 18.9 Å². The maximum Gasteiger partial charge on any atom is 0.133 e. The van der Waals surface area contributed by atoms with Gasteiger partial charge in [0.05, 0.1) is 0 Å². The zero-order chi connectivity index (χ0) is 14.4. The smallest absolute Gasteiger partial charge is 0.133 e. The number of nitrogens with one attached hydrogen (secondary N) is 1. The molecule has 0 spiro atoms. The molecule has 0 aromatic heterocycles. The third-order valence-corrected chi connectivity index (χ3v) is 3.73. The average molecular weight is 355 g/mol. The quantitative estimate of drug-likeness (QED) is 0.702. The number of hydrogen-bond donors (Lipinski definition) is 1. The van der Waals surface area contributed by atoms with Crippen LogP contribution in [-0.2, 0) is 6.54 Å². The zero-order valence-electron chi connectivity index (χ0n) is 11.3. The topological polar surface area (TPSA) is 21.3 Å². The second-order valence-electron chi connectivity index (χ2n) is 4.45. The van der Waals surface area contributed by atoms with E-state index in [0.29, 0.717) is 6.54 Å². The van der Waals surface area contributed by atoms with Gasteiger partial charge in [0.2, 0.25) is 0 Å². The Hall–Kier alpha value is -1.03. The molecule has 0 aliphatic carbocycles. The van der Waals surface area contributed by atoms with Gasteiger partial charge in [-0.1, -0.05) is 40.5 Å². The summed E-state index contributed by atoms with van der Waals surface area (Å²) in [5.74, 6) is 1.59. The highest BCUT2D eigenvalue weighted by molar-refractivity contribution is 9.10. The highest BCUT2D eigenvalue weighted by Crippen LogP contribution is 2.30. The van der Waals surface area contributed by atoms with Crippen LogP contribution >= 0.6 is 27.5 Å². The number of rotatable bonds is 6. The van der Waals surface area contributed by atoms with Crippen LogP contribution in [-0.4, -0.2) is 6.54 Å².